The molecule has 100 valence electrons. The smallest absolute Gasteiger partial charge is 0.321 e. The number of aryl methyl sites for hydroxylation is 1. The van der Waals surface area contributed by atoms with Crippen molar-refractivity contribution in [3.8, 4) is 17.4 Å². The molecule has 0 spiro atoms. The molecule has 0 radical (unpaired) electrons. The number of methoxy groups -OCH3 is 1. The fourth-order valence-corrected chi connectivity index (χ4v) is 1.57. The SMILES string of the molecule is CCCNc1nc(OC)nc(-c2cncc(C)c2)n1. The van der Waals surface area contributed by atoms with Gasteiger partial charge in [0, 0.05) is 24.5 Å². The molecule has 0 saturated heterocycles. The number of hydrogen-bond acceptors (Lipinski definition) is 6. The Morgan fingerprint density at radius 3 is 2.74 bits per heavy atom. The maximum absolute atomic E-state index is 5.10. The summed E-state index contributed by atoms with van der Waals surface area (Å²) in [5, 5.41) is 3.13. The van der Waals surface area contributed by atoms with Gasteiger partial charge in [0.1, 0.15) is 0 Å². The van der Waals surface area contributed by atoms with Gasteiger partial charge in [-0.05, 0) is 25.0 Å². The Balaban J connectivity index is 2.38. The van der Waals surface area contributed by atoms with Gasteiger partial charge in [-0.3, -0.25) is 4.98 Å². The van der Waals surface area contributed by atoms with E-state index in [1.165, 1.54) is 7.11 Å². The molecule has 0 bridgehead atoms. The highest BCUT2D eigenvalue weighted by Gasteiger charge is 2.09. The molecule has 0 amide bonds. The standard InChI is InChI=1S/C13H17N5O/c1-4-5-15-12-16-11(17-13(18-12)19-3)10-6-9(2)7-14-8-10/h6-8H,4-5H2,1-3H3,(H,15,16,17,18). The fraction of sp³-hybridized carbons (Fsp3) is 0.385. The van der Waals surface area contributed by atoms with Crippen molar-refractivity contribution in [3.63, 3.8) is 0 Å². The first-order chi connectivity index (χ1) is 9.22. The van der Waals surface area contributed by atoms with Crippen molar-refractivity contribution in [3.05, 3.63) is 24.0 Å². The summed E-state index contributed by atoms with van der Waals surface area (Å²) in [6.07, 6.45) is 4.51. The largest absolute Gasteiger partial charge is 0.467 e. The summed E-state index contributed by atoms with van der Waals surface area (Å²) in [5.74, 6) is 1.08. The minimum absolute atomic E-state index is 0.296. The van der Waals surface area contributed by atoms with E-state index in [1.54, 1.807) is 12.4 Å². The Labute approximate surface area is 112 Å². The molecule has 0 atom stereocenters. The quantitative estimate of drug-likeness (QED) is 0.886. The van der Waals surface area contributed by atoms with Crippen molar-refractivity contribution in [1.29, 1.82) is 0 Å². The minimum atomic E-state index is 0.296. The molecule has 1 N–H and O–H groups in total. The molecule has 0 unspecified atom stereocenters. The molecule has 2 aromatic rings. The predicted octanol–water partition coefficient (Wildman–Crippen LogP) is 2.07. The second-order valence-corrected chi connectivity index (χ2v) is 4.15. The third-order valence-corrected chi connectivity index (χ3v) is 2.46. The monoisotopic (exact) mass is 259 g/mol. The summed E-state index contributed by atoms with van der Waals surface area (Å²) in [6, 6.07) is 2.27. The van der Waals surface area contributed by atoms with Crippen LogP contribution in [0.15, 0.2) is 18.5 Å². The highest BCUT2D eigenvalue weighted by molar-refractivity contribution is 5.56. The lowest BCUT2D eigenvalue weighted by molar-refractivity contribution is 0.379. The van der Waals surface area contributed by atoms with Crippen LogP contribution in [-0.4, -0.2) is 33.6 Å². The lowest BCUT2D eigenvalue weighted by Gasteiger charge is -2.07. The summed E-state index contributed by atoms with van der Waals surface area (Å²) >= 11 is 0. The number of nitrogens with zero attached hydrogens (tertiary/aromatic N) is 4. The number of pyridine rings is 1. The number of aromatic nitrogens is 4. The third-order valence-electron chi connectivity index (χ3n) is 2.46. The van der Waals surface area contributed by atoms with Crippen molar-refractivity contribution < 1.29 is 4.74 Å². The van der Waals surface area contributed by atoms with Gasteiger partial charge in [-0.25, -0.2) is 0 Å². The second-order valence-electron chi connectivity index (χ2n) is 4.15. The first kappa shape index (κ1) is 13.2. The molecule has 6 heteroatoms. The van der Waals surface area contributed by atoms with Gasteiger partial charge in [-0.15, -0.1) is 0 Å². The van der Waals surface area contributed by atoms with Crippen molar-refractivity contribution in [2.75, 3.05) is 19.0 Å². The highest BCUT2D eigenvalue weighted by Crippen LogP contribution is 2.18. The van der Waals surface area contributed by atoms with Crippen molar-refractivity contribution >= 4 is 5.95 Å². The van der Waals surface area contributed by atoms with E-state index in [-0.39, 0.29) is 0 Å². The zero-order chi connectivity index (χ0) is 13.7. The Bertz CT molecular complexity index is 558. The van der Waals surface area contributed by atoms with Gasteiger partial charge in [0.15, 0.2) is 5.82 Å². The Hall–Kier alpha value is -2.24. The average molecular weight is 259 g/mol. The number of anilines is 1. The maximum Gasteiger partial charge on any atom is 0.321 e. The van der Waals surface area contributed by atoms with E-state index in [0.29, 0.717) is 17.8 Å². The average Bonchev–Trinajstić information content (AvgIpc) is 2.44. The summed E-state index contributed by atoms with van der Waals surface area (Å²) in [7, 11) is 1.54. The summed E-state index contributed by atoms with van der Waals surface area (Å²) in [6.45, 7) is 4.86. The molecule has 19 heavy (non-hydrogen) atoms. The van der Waals surface area contributed by atoms with E-state index in [0.717, 1.165) is 24.1 Å². The van der Waals surface area contributed by atoms with E-state index < -0.39 is 0 Å². The lowest BCUT2D eigenvalue weighted by Crippen LogP contribution is -2.07. The Kier molecular flexibility index (Phi) is 4.22. The molecular weight excluding hydrogens is 242 g/mol. The van der Waals surface area contributed by atoms with Crippen LogP contribution in [0.1, 0.15) is 18.9 Å². The van der Waals surface area contributed by atoms with Gasteiger partial charge in [-0.1, -0.05) is 6.92 Å². The summed E-state index contributed by atoms with van der Waals surface area (Å²) < 4.78 is 5.10. The van der Waals surface area contributed by atoms with E-state index in [2.05, 4.69) is 32.2 Å². The fourth-order valence-electron chi connectivity index (χ4n) is 1.57. The van der Waals surface area contributed by atoms with Crippen molar-refractivity contribution in [2.45, 2.75) is 20.3 Å². The van der Waals surface area contributed by atoms with Gasteiger partial charge in [0.05, 0.1) is 7.11 Å². The van der Waals surface area contributed by atoms with Crippen LogP contribution in [-0.2, 0) is 0 Å². The highest BCUT2D eigenvalue weighted by atomic mass is 16.5. The zero-order valence-electron chi connectivity index (χ0n) is 11.3. The van der Waals surface area contributed by atoms with Gasteiger partial charge >= 0.3 is 6.01 Å². The molecule has 0 aliphatic heterocycles. The van der Waals surface area contributed by atoms with Crippen LogP contribution in [0, 0.1) is 6.92 Å². The van der Waals surface area contributed by atoms with Gasteiger partial charge in [0.2, 0.25) is 5.95 Å². The van der Waals surface area contributed by atoms with Crippen molar-refractivity contribution in [1.82, 2.24) is 19.9 Å². The molecule has 0 aromatic carbocycles. The van der Waals surface area contributed by atoms with Crippen LogP contribution in [0.4, 0.5) is 5.95 Å². The third kappa shape index (κ3) is 3.37. The molecule has 6 nitrogen and oxygen atoms in total. The zero-order valence-corrected chi connectivity index (χ0v) is 11.3. The van der Waals surface area contributed by atoms with Crippen LogP contribution in [0.5, 0.6) is 6.01 Å². The second kappa shape index (κ2) is 6.08. The number of hydrogen-bond donors (Lipinski definition) is 1. The summed E-state index contributed by atoms with van der Waals surface area (Å²) in [5.41, 5.74) is 1.90. The van der Waals surface area contributed by atoms with Gasteiger partial charge in [-0.2, -0.15) is 15.0 Å². The molecule has 0 saturated carbocycles. The van der Waals surface area contributed by atoms with E-state index in [9.17, 15) is 0 Å². The number of ether oxygens (including phenoxy) is 1. The van der Waals surface area contributed by atoms with Crippen LogP contribution >= 0.6 is 0 Å². The van der Waals surface area contributed by atoms with E-state index in [1.807, 2.05) is 13.0 Å². The Morgan fingerprint density at radius 2 is 2.05 bits per heavy atom. The predicted molar refractivity (Wildman–Crippen MR) is 73.1 cm³/mol. The van der Waals surface area contributed by atoms with Gasteiger partial charge in [0.25, 0.3) is 0 Å². The molecule has 0 aliphatic rings. The minimum Gasteiger partial charge on any atom is -0.467 e. The van der Waals surface area contributed by atoms with Crippen LogP contribution in [0.25, 0.3) is 11.4 Å². The van der Waals surface area contributed by atoms with Crippen LogP contribution in [0.3, 0.4) is 0 Å². The summed E-state index contributed by atoms with van der Waals surface area (Å²) in [4.78, 5) is 16.9. The van der Waals surface area contributed by atoms with Crippen molar-refractivity contribution in [2.24, 2.45) is 0 Å². The van der Waals surface area contributed by atoms with Crippen LogP contribution in [0.2, 0.25) is 0 Å². The van der Waals surface area contributed by atoms with Crippen LogP contribution < -0.4 is 10.1 Å². The lowest BCUT2D eigenvalue weighted by atomic mass is 10.2. The molecule has 2 rings (SSSR count). The number of nitrogens with one attached hydrogen (secondary N) is 1. The Morgan fingerprint density at radius 1 is 1.21 bits per heavy atom. The molecule has 0 aliphatic carbocycles. The maximum atomic E-state index is 5.10. The molecular formula is C13H17N5O. The molecule has 2 heterocycles. The normalized spacial score (nSPS) is 10.3. The van der Waals surface area contributed by atoms with E-state index >= 15 is 0 Å². The van der Waals surface area contributed by atoms with Gasteiger partial charge < -0.3 is 10.1 Å². The number of rotatable bonds is 5. The first-order valence-corrected chi connectivity index (χ1v) is 6.19. The molecule has 0 fully saturated rings. The van der Waals surface area contributed by atoms with E-state index in [4.69, 9.17) is 4.74 Å². The molecule has 2 aromatic heterocycles. The topological polar surface area (TPSA) is 72.8 Å². The first-order valence-electron chi connectivity index (χ1n) is 6.19.